The molecule has 0 saturated carbocycles. The summed E-state index contributed by atoms with van der Waals surface area (Å²) in [5, 5.41) is 7.17. The van der Waals surface area contributed by atoms with Gasteiger partial charge in [0.2, 0.25) is 0 Å². The largest absolute Gasteiger partial charge is 0.351 e. The van der Waals surface area contributed by atoms with Gasteiger partial charge in [-0.15, -0.1) is 11.8 Å². The minimum Gasteiger partial charge on any atom is -0.351 e. The molecule has 3 rings (SSSR count). The molecule has 3 aromatic rings. The number of nitrogens with zero attached hydrogens (tertiary/aromatic N) is 2. The lowest BCUT2D eigenvalue weighted by atomic mass is 10.1. The number of hydrogen-bond acceptors (Lipinski definition) is 3. The summed E-state index contributed by atoms with van der Waals surface area (Å²) in [4.78, 5) is 13.6. The quantitative estimate of drug-likeness (QED) is 0.559. The summed E-state index contributed by atoms with van der Waals surface area (Å²) >= 11 is 1.73. The van der Waals surface area contributed by atoms with Crippen molar-refractivity contribution in [2.45, 2.75) is 4.90 Å². The second-order valence-electron chi connectivity index (χ2n) is 4.89. The summed E-state index contributed by atoms with van der Waals surface area (Å²) in [6, 6.07) is 19.5. The molecular weight excluding hydrogens is 306 g/mol. The first-order chi connectivity index (χ1) is 11.3. The van der Waals surface area contributed by atoms with Gasteiger partial charge in [-0.2, -0.15) is 5.10 Å². The molecule has 1 amide bonds. The Hall–Kier alpha value is -2.53. The van der Waals surface area contributed by atoms with E-state index in [1.54, 1.807) is 22.6 Å². The molecule has 0 fully saturated rings. The van der Waals surface area contributed by atoms with Crippen LogP contribution < -0.4 is 5.32 Å². The van der Waals surface area contributed by atoms with Crippen molar-refractivity contribution in [1.82, 2.24) is 15.1 Å². The van der Waals surface area contributed by atoms with E-state index < -0.39 is 0 Å². The van der Waals surface area contributed by atoms with E-state index in [9.17, 15) is 4.79 Å². The predicted octanol–water partition coefficient (Wildman–Crippen LogP) is 3.39. The second kappa shape index (κ2) is 7.65. The average molecular weight is 323 g/mol. The first kappa shape index (κ1) is 15.4. The highest BCUT2D eigenvalue weighted by atomic mass is 32.2. The zero-order chi connectivity index (χ0) is 15.9. The summed E-state index contributed by atoms with van der Waals surface area (Å²) in [6.45, 7) is 0.617. The molecule has 116 valence electrons. The van der Waals surface area contributed by atoms with Gasteiger partial charge in [0, 0.05) is 29.6 Å². The minimum atomic E-state index is -0.0789. The molecule has 5 heteroatoms. The summed E-state index contributed by atoms with van der Waals surface area (Å²) in [5.74, 6) is 0.754. The van der Waals surface area contributed by atoms with Gasteiger partial charge in [-0.25, -0.2) is 4.68 Å². The first-order valence-corrected chi connectivity index (χ1v) is 8.38. The fourth-order valence-electron chi connectivity index (χ4n) is 2.22. The van der Waals surface area contributed by atoms with Crippen LogP contribution in [-0.2, 0) is 0 Å². The third-order valence-corrected chi connectivity index (χ3v) is 4.31. The molecule has 0 atom stereocenters. The van der Waals surface area contributed by atoms with Gasteiger partial charge < -0.3 is 5.32 Å². The van der Waals surface area contributed by atoms with Crippen LogP contribution in [0.4, 0.5) is 0 Å². The summed E-state index contributed by atoms with van der Waals surface area (Å²) < 4.78 is 1.70. The molecule has 2 aromatic carbocycles. The van der Waals surface area contributed by atoms with Crippen LogP contribution in [0.15, 0.2) is 78.0 Å². The molecule has 0 spiro atoms. The molecule has 0 aliphatic rings. The first-order valence-electron chi connectivity index (χ1n) is 7.40. The minimum absolute atomic E-state index is 0.0789. The van der Waals surface area contributed by atoms with Crippen molar-refractivity contribution in [3.63, 3.8) is 0 Å². The van der Waals surface area contributed by atoms with Crippen LogP contribution in [0.5, 0.6) is 0 Å². The predicted molar refractivity (Wildman–Crippen MR) is 93.1 cm³/mol. The van der Waals surface area contributed by atoms with Gasteiger partial charge in [-0.3, -0.25) is 4.79 Å². The van der Waals surface area contributed by atoms with Crippen molar-refractivity contribution in [1.29, 1.82) is 0 Å². The van der Waals surface area contributed by atoms with Crippen LogP contribution in [0.2, 0.25) is 0 Å². The number of hydrogen-bond donors (Lipinski definition) is 1. The maximum atomic E-state index is 12.4. The van der Waals surface area contributed by atoms with Crippen LogP contribution in [-0.4, -0.2) is 28.0 Å². The molecule has 0 saturated heterocycles. The van der Waals surface area contributed by atoms with E-state index in [-0.39, 0.29) is 5.91 Å². The SMILES string of the molecule is O=C(NCCSc1ccccc1)c1ccccc1-n1cccn1. The van der Waals surface area contributed by atoms with E-state index in [0.29, 0.717) is 12.1 Å². The van der Waals surface area contributed by atoms with Crippen molar-refractivity contribution in [3.8, 4) is 5.69 Å². The summed E-state index contributed by atoms with van der Waals surface area (Å²) in [6.07, 6.45) is 3.53. The fraction of sp³-hybridized carbons (Fsp3) is 0.111. The third-order valence-electron chi connectivity index (χ3n) is 3.30. The Balaban J connectivity index is 1.59. The van der Waals surface area contributed by atoms with Crippen molar-refractivity contribution < 1.29 is 4.79 Å². The average Bonchev–Trinajstić information content (AvgIpc) is 3.14. The Morgan fingerprint density at radius 3 is 2.61 bits per heavy atom. The van der Waals surface area contributed by atoms with Crippen LogP contribution in [0.25, 0.3) is 5.69 Å². The van der Waals surface area contributed by atoms with E-state index in [1.165, 1.54) is 4.90 Å². The van der Waals surface area contributed by atoms with Gasteiger partial charge in [-0.1, -0.05) is 30.3 Å². The number of benzene rings is 2. The smallest absolute Gasteiger partial charge is 0.253 e. The van der Waals surface area contributed by atoms with Gasteiger partial charge in [0.25, 0.3) is 5.91 Å². The number of nitrogens with one attached hydrogen (secondary N) is 1. The van der Waals surface area contributed by atoms with Crippen molar-refractivity contribution >= 4 is 17.7 Å². The Kier molecular flexibility index (Phi) is 5.11. The zero-order valence-electron chi connectivity index (χ0n) is 12.6. The molecule has 0 aliphatic heterocycles. The van der Waals surface area contributed by atoms with Crippen molar-refractivity contribution in [2.75, 3.05) is 12.3 Å². The number of amides is 1. The lowest BCUT2D eigenvalue weighted by molar-refractivity contribution is 0.0956. The third kappa shape index (κ3) is 4.02. The van der Waals surface area contributed by atoms with E-state index in [4.69, 9.17) is 0 Å². The maximum Gasteiger partial charge on any atom is 0.253 e. The standard InChI is InChI=1S/C18H17N3OS/c22-18(19-12-14-23-15-7-2-1-3-8-15)16-9-4-5-10-17(16)21-13-6-11-20-21/h1-11,13H,12,14H2,(H,19,22). The Labute approximate surface area is 139 Å². The van der Waals surface area contributed by atoms with Gasteiger partial charge in [0.1, 0.15) is 0 Å². The van der Waals surface area contributed by atoms with Crippen LogP contribution in [0.3, 0.4) is 0 Å². The molecule has 0 bridgehead atoms. The van der Waals surface area contributed by atoms with Crippen molar-refractivity contribution in [2.24, 2.45) is 0 Å². The van der Waals surface area contributed by atoms with Gasteiger partial charge in [0.15, 0.2) is 0 Å². The molecule has 0 radical (unpaired) electrons. The highest BCUT2D eigenvalue weighted by molar-refractivity contribution is 7.99. The molecule has 1 N–H and O–H groups in total. The number of para-hydroxylation sites is 1. The lowest BCUT2D eigenvalue weighted by Crippen LogP contribution is -2.26. The van der Waals surface area contributed by atoms with Crippen LogP contribution >= 0.6 is 11.8 Å². The monoisotopic (exact) mass is 323 g/mol. The normalized spacial score (nSPS) is 10.4. The molecule has 4 nitrogen and oxygen atoms in total. The summed E-state index contributed by atoms with van der Waals surface area (Å²) in [7, 11) is 0. The van der Waals surface area contributed by atoms with Gasteiger partial charge >= 0.3 is 0 Å². The molecule has 0 unspecified atom stereocenters. The van der Waals surface area contributed by atoms with E-state index in [1.807, 2.05) is 54.7 Å². The van der Waals surface area contributed by atoms with Crippen molar-refractivity contribution in [3.05, 3.63) is 78.6 Å². The van der Waals surface area contributed by atoms with Gasteiger partial charge in [0.05, 0.1) is 11.3 Å². The molecule has 1 heterocycles. The Morgan fingerprint density at radius 1 is 1.04 bits per heavy atom. The highest BCUT2D eigenvalue weighted by Crippen LogP contribution is 2.16. The fourth-order valence-corrected chi connectivity index (χ4v) is 3.01. The zero-order valence-corrected chi connectivity index (χ0v) is 13.4. The Morgan fingerprint density at radius 2 is 1.83 bits per heavy atom. The topological polar surface area (TPSA) is 46.9 Å². The second-order valence-corrected chi connectivity index (χ2v) is 6.05. The number of aromatic nitrogens is 2. The van der Waals surface area contributed by atoms with Crippen LogP contribution in [0, 0.1) is 0 Å². The Bertz CT molecular complexity index is 757. The van der Waals surface area contributed by atoms with Gasteiger partial charge in [-0.05, 0) is 30.3 Å². The summed E-state index contributed by atoms with van der Waals surface area (Å²) in [5.41, 5.74) is 1.41. The highest BCUT2D eigenvalue weighted by Gasteiger charge is 2.11. The number of carbonyl (C=O) groups is 1. The lowest BCUT2D eigenvalue weighted by Gasteiger charge is -2.10. The number of rotatable bonds is 6. The van der Waals surface area contributed by atoms with Crippen LogP contribution in [0.1, 0.15) is 10.4 Å². The number of thioether (sulfide) groups is 1. The maximum absolute atomic E-state index is 12.4. The van der Waals surface area contributed by atoms with E-state index >= 15 is 0 Å². The molecule has 0 aliphatic carbocycles. The molecular formula is C18H17N3OS. The molecule has 23 heavy (non-hydrogen) atoms. The molecule has 1 aromatic heterocycles. The van der Waals surface area contributed by atoms with E-state index in [0.717, 1.165) is 11.4 Å². The number of carbonyl (C=O) groups excluding carboxylic acids is 1. The van der Waals surface area contributed by atoms with E-state index in [2.05, 4.69) is 22.5 Å².